The zero-order chi connectivity index (χ0) is 18.8. The van der Waals surface area contributed by atoms with Gasteiger partial charge in [0, 0.05) is 43.4 Å². The molecule has 9 nitrogen and oxygen atoms in total. The minimum absolute atomic E-state index is 0.190. The van der Waals surface area contributed by atoms with Crippen LogP contribution in [0.15, 0.2) is 24.7 Å². The highest BCUT2D eigenvalue weighted by Gasteiger charge is 2.31. The summed E-state index contributed by atoms with van der Waals surface area (Å²) < 4.78 is 1.90. The van der Waals surface area contributed by atoms with E-state index in [4.69, 9.17) is 0 Å². The number of carbonyl (C=O) groups is 3. The molecule has 27 heavy (non-hydrogen) atoms. The second-order valence-electron chi connectivity index (χ2n) is 6.77. The molecule has 1 saturated carbocycles. The van der Waals surface area contributed by atoms with Crippen LogP contribution in [0.3, 0.4) is 0 Å². The number of nitrogens with zero attached hydrogens (tertiary/aromatic N) is 5. The van der Waals surface area contributed by atoms with Gasteiger partial charge in [0.05, 0.1) is 12.7 Å². The highest BCUT2D eigenvalue weighted by atomic mass is 16.2. The Labute approximate surface area is 155 Å². The molecule has 0 spiro atoms. The number of imide groups is 1. The molecular weight excluding hydrogens is 348 g/mol. The van der Waals surface area contributed by atoms with Gasteiger partial charge in [-0.2, -0.15) is 5.10 Å². The number of rotatable bonds is 7. The number of nitrogens with one attached hydrogen (secondary N) is 1. The molecule has 140 valence electrons. The number of amides is 3. The quantitative estimate of drug-likeness (QED) is 0.712. The van der Waals surface area contributed by atoms with Gasteiger partial charge in [0.1, 0.15) is 17.9 Å². The summed E-state index contributed by atoms with van der Waals surface area (Å²) >= 11 is 0. The van der Waals surface area contributed by atoms with E-state index in [-0.39, 0.29) is 37.1 Å². The molecule has 3 amide bonds. The van der Waals surface area contributed by atoms with Gasteiger partial charge in [-0.15, -0.1) is 0 Å². The Hall–Kier alpha value is -3.10. The average Bonchev–Trinajstić information content (AvgIpc) is 3.37. The molecule has 1 N–H and O–H groups in total. The molecular formula is C18H20N6O3. The minimum Gasteiger partial charge on any atom is -0.353 e. The van der Waals surface area contributed by atoms with Crippen LogP contribution < -0.4 is 5.32 Å². The lowest BCUT2D eigenvalue weighted by atomic mass is 10.2. The normalized spacial score (nSPS) is 16.8. The molecule has 4 rings (SSSR count). The highest BCUT2D eigenvalue weighted by Crippen LogP contribution is 2.41. The second kappa shape index (κ2) is 7.26. The third-order valence-corrected chi connectivity index (χ3v) is 4.73. The molecule has 1 aliphatic carbocycles. The van der Waals surface area contributed by atoms with Gasteiger partial charge in [-0.25, -0.2) is 0 Å². The molecule has 0 aromatic carbocycles. The Bertz CT molecular complexity index is 858. The first-order chi connectivity index (χ1) is 13.1. The van der Waals surface area contributed by atoms with E-state index >= 15 is 0 Å². The molecule has 9 heteroatoms. The van der Waals surface area contributed by atoms with E-state index in [0.717, 1.165) is 29.1 Å². The van der Waals surface area contributed by atoms with Gasteiger partial charge in [-0.1, -0.05) is 0 Å². The topological polar surface area (TPSA) is 110 Å². The number of carbonyl (C=O) groups excluding carboxylic acids is 3. The van der Waals surface area contributed by atoms with Crippen molar-refractivity contribution in [3.05, 3.63) is 30.4 Å². The summed E-state index contributed by atoms with van der Waals surface area (Å²) in [6.45, 7) is 0.674. The fraction of sp³-hybridized carbons (Fsp3) is 0.444. The molecule has 3 heterocycles. The fourth-order valence-electron chi connectivity index (χ4n) is 3.17. The highest BCUT2D eigenvalue weighted by molar-refractivity contribution is 6.04. The van der Waals surface area contributed by atoms with Crippen molar-refractivity contribution in [1.29, 1.82) is 0 Å². The summed E-state index contributed by atoms with van der Waals surface area (Å²) in [6, 6.07) is 2.03. The van der Waals surface area contributed by atoms with Crippen molar-refractivity contribution in [2.45, 2.75) is 38.1 Å². The van der Waals surface area contributed by atoms with Gasteiger partial charge < -0.3 is 5.32 Å². The minimum atomic E-state index is -0.340. The van der Waals surface area contributed by atoms with Crippen LogP contribution in [0.2, 0.25) is 0 Å². The first-order valence-corrected chi connectivity index (χ1v) is 9.06. The molecule has 0 atom stereocenters. The van der Waals surface area contributed by atoms with E-state index in [1.807, 2.05) is 10.7 Å². The lowest BCUT2D eigenvalue weighted by Gasteiger charge is -2.13. The van der Waals surface area contributed by atoms with E-state index < -0.39 is 0 Å². The Morgan fingerprint density at radius 2 is 1.93 bits per heavy atom. The number of hydrogen-bond acceptors (Lipinski definition) is 6. The molecule has 1 saturated heterocycles. The van der Waals surface area contributed by atoms with Crippen molar-refractivity contribution in [1.82, 2.24) is 30.0 Å². The van der Waals surface area contributed by atoms with Gasteiger partial charge in [-0.05, 0) is 18.9 Å². The standard InChI is InChI=1S/C18H20N6O3/c25-16(11-23-17(26)3-4-18(23)27)21-7-8-24-15(12-1-2-12)9-13(22-24)14-10-19-5-6-20-14/h5-6,9-10,12H,1-4,7-8,11H2,(H,21,25). The molecule has 2 aliphatic rings. The first-order valence-electron chi connectivity index (χ1n) is 9.06. The maximum absolute atomic E-state index is 12.0. The van der Waals surface area contributed by atoms with Crippen LogP contribution in [-0.4, -0.2) is 55.5 Å². The lowest BCUT2D eigenvalue weighted by Crippen LogP contribution is -2.40. The zero-order valence-electron chi connectivity index (χ0n) is 14.8. The zero-order valence-corrected chi connectivity index (χ0v) is 14.8. The van der Waals surface area contributed by atoms with E-state index in [1.54, 1.807) is 18.6 Å². The van der Waals surface area contributed by atoms with Crippen LogP contribution in [0, 0.1) is 0 Å². The van der Waals surface area contributed by atoms with Crippen LogP contribution in [0.25, 0.3) is 11.4 Å². The fourth-order valence-corrected chi connectivity index (χ4v) is 3.17. The summed E-state index contributed by atoms with van der Waals surface area (Å²) in [5, 5.41) is 7.37. The van der Waals surface area contributed by atoms with Gasteiger partial charge in [-0.3, -0.25) is 33.9 Å². The summed E-state index contributed by atoms with van der Waals surface area (Å²) in [4.78, 5) is 44.6. The molecule has 1 aliphatic heterocycles. The maximum Gasteiger partial charge on any atom is 0.240 e. The molecule has 0 unspecified atom stereocenters. The van der Waals surface area contributed by atoms with E-state index in [2.05, 4.69) is 20.4 Å². The van der Waals surface area contributed by atoms with Gasteiger partial charge in [0.25, 0.3) is 0 Å². The Balaban J connectivity index is 1.36. The van der Waals surface area contributed by atoms with Crippen molar-refractivity contribution >= 4 is 17.7 Å². The van der Waals surface area contributed by atoms with Crippen LogP contribution in [0.4, 0.5) is 0 Å². The maximum atomic E-state index is 12.0. The van der Waals surface area contributed by atoms with Crippen molar-refractivity contribution in [3.8, 4) is 11.4 Å². The third-order valence-electron chi connectivity index (χ3n) is 4.73. The van der Waals surface area contributed by atoms with Gasteiger partial charge in [0.2, 0.25) is 17.7 Å². The smallest absolute Gasteiger partial charge is 0.240 e. The van der Waals surface area contributed by atoms with Crippen LogP contribution >= 0.6 is 0 Å². The third kappa shape index (κ3) is 3.86. The van der Waals surface area contributed by atoms with Gasteiger partial charge >= 0.3 is 0 Å². The molecule has 0 radical (unpaired) electrons. The predicted molar refractivity (Wildman–Crippen MR) is 94.2 cm³/mol. The van der Waals surface area contributed by atoms with Gasteiger partial charge in [0.15, 0.2) is 0 Å². The number of likely N-dealkylation sites (tertiary alicyclic amines) is 1. The number of hydrogen-bond donors (Lipinski definition) is 1. The molecule has 2 aromatic rings. The molecule has 2 fully saturated rings. The summed E-state index contributed by atoms with van der Waals surface area (Å²) in [6.07, 6.45) is 7.58. The van der Waals surface area contributed by atoms with E-state index in [1.165, 1.54) is 0 Å². The van der Waals surface area contributed by atoms with E-state index in [0.29, 0.717) is 24.7 Å². The largest absolute Gasteiger partial charge is 0.353 e. The van der Waals surface area contributed by atoms with Crippen LogP contribution in [0.1, 0.15) is 37.3 Å². The molecule has 2 aromatic heterocycles. The summed E-state index contributed by atoms with van der Waals surface area (Å²) in [5.41, 5.74) is 2.62. The summed E-state index contributed by atoms with van der Waals surface area (Å²) in [7, 11) is 0. The predicted octanol–water partition coefficient (Wildman–Crippen LogP) is 0.483. The number of aromatic nitrogens is 4. The Kier molecular flexibility index (Phi) is 4.66. The lowest BCUT2D eigenvalue weighted by molar-refractivity contribution is -0.142. The summed E-state index contributed by atoms with van der Waals surface area (Å²) in [5.74, 6) is -0.412. The Morgan fingerprint density at radius 3 is 2.59 bits per heavy atom. The van der Waals surface area contributed by atoms with Crippen molar-refractivity contribution in [3.63, 3.8) is 0 Å². The van der Waals surface area contributed by atoms with Crippen LogP contribution in [0.5, 0.6) is 0 Å². The first kappa shape index (κ1) is 17.3. The van der Waals surface area contributed by atoms with Crippen molar-refractivity contribution in [2.24, 2.45) is 0 Å². The second-order valence-corrected chi connectivity index (χ2v) is 6.77. The SMILES string of the molecule is O=C(CN1C(=O)CCC1=O)NCCn1nc(-c2cnccn2)cc1C1CC1. The van der Waals surface area contributed by atoms with Crippen LogP contribution in [-0.2, 0) is 20.9 Å². The average molecular weight is 368 g/mol. The monoisotopic (exact) mass is 368 g/mol. The van der Waals surface area contributed by atoms with Crippen molar-refractivity contribution < 1.29 is 14.4 Å². The van der Waals surface area contributed by atoms with E-state index in [9.17, 15) is 14.4 Å². The van der Waals surface area contributed by atoms with Crippen molar-refractivity contribution in [2.75, 3.05) is 13.1 Å². The molecule has 0 bridgehead atoms. The Morgan fingerprint density at radius 1 is 1.15 bits per heavy atom.